The average Bonchev–Trinajstić information content (AvgIpc) is 2.76. The van der Waals surface area contributed by atoms with Crippen molar-refractivity contribution in [2.45, 2.75) is 12.3 Å². The summed E-state index contributed by atoms with van der Waals surface area (Å²) in [6.45, 7) is 0. The summed E-state index contributed by atoms with van der Waals surface area (Å²) in [6, 6.07) is 3.02. The van der Waals surface area contributed by atoms with E-state index in [0.29, 0.717) is 6.42 Å². The van der Waals surface area contributed by atoms with Gasteiger partial charge in [-0.15, -0.1) is 0 Å². The summed E-state index contributed by atoms with van der Waals surface area (Å²) in [6.07, 6.45) is 0.672. The molecular weight excluding hydrogens is 219 g/mol. The molecule has 0 aromatic heterocycles. The van der Waals surface area contributed by atoms with Gasteiger partial charge < -0.3 is 5.11 Å². The minimum Gasteiger partial charge on any atom is -0.481 e. The number of fused-ring (bicyclic) bond motifs is 3. The topological polar surface area (TPSA) is 37.3 Å². The van der Waals surface area contributed by atoms with Crippen LogP contribution in [0.2, 0.25) is 5.02 Å². The van der Waals surface area contributed by atoms with Crippen molar-refractivity contribution in [3.8, 4) is 0 Å². The van der Waals surface area contributed by atoms with Crippen molar-refractivity contribution in [2.24, 2.45) is 11.8 Å². The van der Waals surface area contributed by atoms with E-state index < -0.39 is 11.8 Å². The highest BCUT2D eigenvalue weighted by Crippen LogP contribution is 2.61. The van der Waals surface area contributed by atoms with Crippen molar-refractivity contribution in [3.05, 3.63) is 34.1 Å². The Morgan fingerprint density at radius 3 is 2.93 bits per heavy atom. The molecule has 0 radical (unpaired) electrons. The molecule has 3 atom stereocenters. The van der Waals surface area contributed by atoms with Gasteiger partial charge in [0, 0.05) is 5.92 Å². The number of carbonyl (C=O) groups is 1. The molecule has 0 bridgehead atoms. The van der Waals surface area contributed by atoms with Crippen LogP contribution < -0.4 is 0 Å². The third kappa shape index (κ3) is 1.13. The molecule has 15 heavy (non-hydrogen) atoms. The fraction of sp³-hybridized carbons (Fsp3) is 0.364. The Labute approximate surface area is 90.7 Å². The zero-order valence-electron chi connectivity index (χ0n) is 7.71. The second-order valence-corrected chi connectivity index (χ2v) is 4.63. The Morgan fingerprint density at radius 2 is 2.27 bits per heavy atom. The van der Waals surface area contributed by atoms with Gasteiger partial charge in [-0.1, -0.05) is 11.6 Å². The second kappa shape index (κ2) is 2.73. The van der Waals surface area contributed by atoms with Gasteiger partial charge in [0.05, 0.1) is 10.9 Å². The lowest BCUT2D eigenvalue weighted by Crippen LogP contribution is -2.05. The Hall–Kier alpha value is -1.09. The predicted molar refractivity (Wildman–Crippen MR) is 52.5 cm³/mol. The Morgan fingerprint density at radius 1 is 1.53 bits per heavy atom. The molecule has 78 valence electrons. The van der Waals surface area contributed by atoms with Gasteiger partial charge in [-0.05, 0) is 35.6 Å². The lowest BCUT2D eigenvalue weighted by atomic mass is 10.0. The van der Waals surface area contributed by atoms with Gasteiger partial charge in [-0.2, -0.15) is 0 Å². The van der Waals surface area contributed by atoms with E-state index in [1.165, 1.54) is 6.07 Å². The molecule has 1 aromatic carbocycles. The quantitative estimate of drug-likeness (QED) is 0.799. The van der Waals surface area contributed by atoms with E-state index in [9.17, 15) is 9.18 Å². The number of hydrogen-bond acceptors (Lipinski definition) is 1. The highest BCUT2D eigenvalue weighted by Gasteiger charge is 2.59. The van der Waals surface area contributed by atoms with E-state index in [2.05, 4.69) is 0 Å². The third-order valence-electron chi connectivity index (χ3n) is 3.45. The molecule has 0 aliphatic heterocycles. The fourth-order valence-corrected chi connectivity index (χ4v) is 2.91. The molecule has 3 rings (SSSR count). The first-order chi connectivity index (χ1) is 7.09. The van der Waals surface area contributed by atoms with Crippen molar-refractivity contribution < 1.29 is 14.3 Å². The Balaban J connectivity index is 2.02. The molecule has 2 aliphatic carbocycles. The number of halogens is 2. The molecule has 1 saturated carbocycles. The molecule has 1 N–H and O–H groups in total. The summed E-state index contributed by atoms with van der Waals surface area (Å²) in [7, 11) is 0. The van der Waals surface area contributed by atoms with E-state index >= 15 is 0 Å². The van der Waals surface area contributed by atoms with Gasteiger partial charge in [0.1, 0.15) is 5.82 Å². The number of hydrogen-bond donors (Lipinski definition) is 1. The normalized spacial score (nSPS) is 30.9. The summed E-state index contributed by atoms with van der Waals surface area (Å²) in [5, 5.41) is 8.99. The highest BCUT2D eigenvalue weighted by molar-refractivity contribution is 6.30. The van der Waals surface area contributed by atoms with Crippen molar-refractivity contribution in [1.82, 2.24) is 0 Å². The molecule has 1 fully saturated rings. The summed E-state index contributed by atoms with van der Waals surface area (Å²) in [5.74, 6) is -1.22. The average molecular weight is 227 g/mol. The number of carboxylic acids is 1. The molecule has 4 heteroatoms. The first-order valence-electron chi connectivity index (χ1n) is 4.80. The van der Waals surface area contributed by atoms with E-state index in [4.69, 9.17) is 16.7 Å². The number of carboxylic acid groups (broad SMARTS) is 1. The van der Waals surface area contributed by atoms with Gasteiger partial charge in [0.15, 0.2) is 0 Å². The summed E-state index contributed by atoms with van der Waals surface area (Å²) >= 11 is 5.68. The smallest absolute Gasteiger partial charge is 0.307 e. The van der Waals surface area contributed by atoms with Gasteiger partial charge in [-0.25, -0.2) is 4.39 Å². The number of benzene rings is 1. The Bertz CT molecular complexity index is 472. The van der Waals surface area contributed by atoms with E-state index in [1.54, 1.807) is 6.07 Å². The molecule has 0 unspecified atom stereocenters. The van der Waals surface area contributed by atoms with Crippen LogP contribution in [0.1, 0.15) is 17.0 Å². The lowest BCUT2D eigenvalue weighted by molar-refractivity contribution is -0.139. The fourth-order valence-electron chi connectivity index (χ4n) is 2.73. The van der Waals surface area contributed by atoms with Crippen LogP contribution in [0.15, 0.2) is 12.1 Å². The standard InChI is InChI=1S/C11H8ClFO2/c12-7-3-5-4(2-8(7)13)1-6-9(5)10(6)11(14)15/h2-3,6,9-10H,1H2,(H,14,15)/t6-,9+,10+/m0/s1. The molecular formula is C11H8ClFO2. The van der Waals surface area contributed by atoms with Crippen molar-refractivity contribution >= 4 is 17.6 Å². The molecule has 0 amide bonds. The van der Waals surface area contributed by atoms with Crippen LogP contribution in [-0.2, 0) is 11.2 Å². The maximum atomic E-state index is 13.1. The molecule has 0 saturated heterocycles. The summed E-state index contributed by atoms with van der Waals surface area (Å²) in [5.41, 5.74) is 1.85. The highest BCUT2D eigenvalue weighted by atomic mass is 35.5. The van der Waals surface area contributed by atoms with Crippen LogP contribution in [0.25, 0.3) is 0 Å². The minimum absolute atomic E-state index is 0.0654. The zero-order chi connectivity index (χ0) is 10.7. The van der Waals surface area contributed by atoms with Gasteiger partial charge in [-0.3, -0.25) is 4.79 Å². The SMILES string of the molecule is O=C(O)[C@@H]1[C@H]2Cc3cc(F)c(Cl)cc3[C@H]21. The monoisotopic (exact) mass is 226 g/mol. The van der Waals surface area contributed by atoms with Crippen LogP contribution in [0.3, 0.4) is 0 Å². The van der Waals surface area contributed by atoms with E-state index in [1.807, 2.05) is 0 Å². The zero-order valence-corrected chi connectivity index (χ0v) is 8.46. The number of rotatable bonds is 1. The minimum atomic E-state index is -0.754. The van der Waals surface area contributed by atoms with Crippen LogP contribution >= 0.6 is 11.6 Å². The van der Waals surface area contributed by atoms with E-state index in [0.717, 1.165) is 11.1 Å². The van der Waals surface area contributed by atoms with Crippen LogP contribution in [0, 0.1) is 17.7 Å². The first kappa shape index (κ1) is 9.16. The summed E-state index contributed by atoms with van der Waals surface area (Å²) in [4.78, 5) is 10.8. The second-order valence-electron chi connectivity index (χ2n) is 4.22. The third-order valence-corrected chi connectivity index (χ3v) is 3.74. The number of aliphatic carboxylic acids is 1. The van der Waals surface area contributed by atoms with Crippen LogP contribution in [0.4, 0.5) is 4.39 Å². The molecule has 0 heterocycles. The van der Waals surface area contributed by atoms with Crippen molar-refractivity contribution in [3.63, 3.8) is 0 Å². The Kier molecular flexibility index (Phi) is 1.67. The van der Waals surface area contributed by atoms with Crippen molar-refractivity contribution in [1.29, 1.82) is 0 Å². The van der Waals surface area contributed by atoms with Crippen LogP contribution in [0.5, 0.6) is 0 Å². The summed E-state index contributed by atoms with van der Waals surface area (Å²) < 4.78 is 13.1. The van der Waals surface area contributed by atoms with E-state index in [-0.39, 0.29) is 22.8 Å². The first-order valence-corrected chi connectivity index (χ1v) is 5.18. The lowest BCUT2D eigenvalue weighted by Gasteiger charge is -2.06. The van der Waals surface area contributed by atoms with Crippen LogP contribution in [-0.4, -0.2) is 11.1 Å². The molecule has 0 spiro atoms. The maximum absolute atomic E-state index is 13.1. The predicted octanol–water partition coefficient (Wildman–Crippen LogP) is 2.45. The molecule has 1 aromatic rings. The van der Waals surface area contributed by atoms with Crippen molar-refractivity contribution in [2.75, 3.05) is 0 Å². The maximum Gasteiger partial charge on any atom is 0.307 e. The molecule has 2 aliphatic rings. The van der Waals surface area contributed by atoms with Gasteiger partial charge >= 0.3 is 5.97 Å². The molecule has 2 nitrogen and oxygen atoms in total. The van der Waals surface area contributed by atoms with Gasteiger partial charge in [0.25, 0.3) is 0 Å². The van der Waals surface area contributed by atoms with Gasteiger partial charge in [0.2, 0.25) is 0 Å². The largest absolute Gasteiger partial charge is 0.481 e.